The van der Waals surface area contributed by atoms with Gasteiger partial charge in [0.1, 0.15) is 6.61 Å². The molecule has 0 bridgehead atoms. The standard InChI is InChI=1S/C18H28F3N3O.HI/c1-17(2,3)9-10-23-16(22-4)24-11-14-5-7-15(8-6-14)12-25-13-18(19,20)21;/h5-8H,9-13H2,1-4H3,(H2,22,23,24);1H. The lowest BCUT2D eigenvalue weighted by atomic mass is 9.92. The van der Waals surface area contributed by atoms with Crippen molar-refractivity contribution in [2.45, 2.75) is 46.5 Å². The van der Waals surface area contributed by atoms with Gasteiger partial charge in [-0.1, -0.05) is 45.0 Å². The van der Waals surface area contributed by atoms with E-state index in [1.807, 2.05) is 12.1 Å². The van der Waals surface area contributed by atoms with Crippen LogP contribution in [0.25, 0.3) is 0 Å². The van der Waals surface area contributed by atoms with Gasteiger partial charge < -0.3 is 15.4 Å². The molecule has 0 heterocycles. The molecule has 0 saturated carbocycles. The van der Waals surface area contributed by atoms with E-state index in [9.17, 15) is 13.2 Å². The van der Waals surface area contributed by atoms with Gasteiger partial charge in [-0.25, -0.2) is 0 Å². The van der Waals surface area contributed by atoms with Crippen LogP contribution in [0.3, 0.4) is 0 Å². The van der Waals surface area contributed by atoms with Crippen LogP contribution in [0.15, 0.2) is 29.3 Å². The first kappa shape index (κ1) is 25.0. The zero-order valence-electron chi connectivity index (χ0n) is 15.7. The Morgan fingerprint density at radius 3 is 2.12 bits per heavy atom. The van der Waals surface area contributed by atoms with E-state index in [0.717, 1.165) is 24.5 Å². The average molecular weight is 487 g/mol. The summed E-state index contributed by atoms with van der Waals surface area (Å²) in [4.78, 5) is 4.17. The summed E-state index contributed by atoms with van der Waals surface area (Å²) in [5, 5.41) is 6.48. The zero-order chi connectivity index (χ0) is 18.9. The van der Waals surface area contributed by atoms with Crippen molar-refractivity contribution >= 4 is 29.9 Å². The first-order valence-corrected chi connectivity index (χ1v) is 8.26. The summed E-state index contributed by atoms with van der Waals surface area (Å²) in [6.45, 7) is 6.69. The fourth-order valence-electron chi connectivity index (χ4n) is 2.00. The van der Waals surface area contributed by atoms with Gasteiger partial charge in [-0.2, -0.15) is 13.2 Å². The number of alkyl halides is 3. The molecule has 0 saturated heterocycles. The highest BCUT2D eigenvalue weighted by atomic mass is 127. The maximum absolute atomic E-state index is 12.0. The molecule has 1 rings (SSSR count). The highest BCUT2D eigenvalue weighted by Crippen LogP contribution is 2.17. The monoisotopic (exact) mass is 487 g/mol. The van der Waals surface area contributed by atoms with Crippen LogP contribution in [0, 0.1) is 5.41 Å². The lowest BCUT2D eigenvalue weighted by Crippen LogP contribution is -2.38. The molecule has 0 spiro atoms. The Morgan fingerprint density at radius 2 is 1.62 bits per heavy atom. The summed E-state index contributed by atoms with van der Waals surface area (Å²) in [5.41, 5.74) is 1.98. The van der Waals surface area contributed by atoms with E-state index in [0.29, 0.717) is 12.1 Å². The van der Waals surface area contributed by atoms with Crippen LogP contribution < -0.4 is 10.6 Å². The Bertz CT molecular complexity index is 540. The molecule has 0 unspecified atom stereocenters. The summed E-state index contributed by atoms with van der Waals surface area (Å²) in [6.07, 6.45) is -3.26. The van der Waals surface area contributed by atoms with Gasteiger partial charge in [0.15, 0.2) is 5.96 Å². The summed E-state index contributed by atoms with van der Waals surface area (Å²) in [7, 11) is 1.72. The van der Waals surface area contributed by atoms with Crippen LogP contribution in [0.2, 0.25) is 0 Å². The van der Waals surface area contributed by atoms with Crippen molar-refractivity contribution in [3.8, 4) is 0 Å². The number of ether oxygens (including phenoxy) is 1. The largest absolute Gasteiger partial charge is 0.411 e. The van der Waals surface area contributed by atoms with Crippen molar-refractivity contribution in [3.63, 3.8) is 0 Å². The second kappa shape index (κ2) is 11.6. The minimum absolute atomic E-state index is 0. The Morgan fingerprint density at radius 1 is 1.04 bits per heavy atom. The lowest BCUT2D eigenvalue weighted by molar-refractivity contribution is -0.176. The van der Waals surface area contributed by atoms with Crippen molar-refractivity contribution in [1.82, 2.24) is 10.6 Å². The van der Waals surface area contributed by atoms with Gasteiger partial charge in [0.05, 0.1) is 6.61 Å². The quantitative estimate of drug-likeness (QED) is 0.339. The Hall–Kier alpha value is -1.03. The molecule has 0 radical (unpaired) electrons. The van der Waals surface area contributed by atoms with E-state index >= 15 is 0 Å². The number of hydrogen-bond donors (Lipinski definition) is 2. The van der Waals surface area contributed by atoms with Gasteiger partial charge in [-0.3, -0.25) is 4.99 Å². The van der Waals surface area contributed by atoms with Crippen LogP contribution in [0.1, 0.15) is 38.3 Å². The van der Waals surface area contributed by atoms with Gasteiger partial charge >= 0.3 is 6.18 Å². The van der Waals surface area contributed by atoms with E-state index in [-0.39, 0.29) is 36.0 Å². The van der Waals surface area contributed by atoms with E-state index in [1.165, 1.54) is 0 Å². The van der Waals surface area contributed by atoms with Crippen molar-refractivity contribution in [2.24, 2.45) is 10.4 Å². The Kier molecular flexibility index (Phi) is 11.2. The molecular formula is C18H29F3IN3O. The number of benzene rings is 1. The third kappa shape index (κ3) is 12.3. The van der Waals surface area contributed by atoms with Crippen LogP contribution in [0.4, 0.5) is 13.2 Å². The summed E-state index contributed by atoms with van der Waals surface area (Å²) in [5.74, 6) is 0.724. The molecule has 4 nitrogen and oxygen atoms in total. The van der Waals surface area contributed by atoms with Crippen molar-refractivity contribution in [2.75, 3.05) is 20.2 Å². The molecule has 150 valence electrons. The summed E-state index contributed by atoms with van der Waals surface area (Å²) in [6, 6.07) is 7.26. The molecule has 1 aromatic carbocycles. The highest BCUT2D eigenvalue weighted by molar-refractivity contribution is 14.0. The molecule has 0 aliphatic heterocycles. The fraction of sp³-hybridized carbons (Fsp3) is 0.611. The Labute approximate surface area is 171 Å². The average Bonchev–Trinajstić information content (AvgIpc) is 2.49. The van der Waals surface area contributed by atoms with E-state index in [1.54, 1.807) is 19.2 Å². The number of guanidine groups is 1. The highest BCUT2D eigenvalue weighted by Gasteiger charge is 2.27. The molecule has 0 atom stereocenters. The van der Waals surface area contributed by atoms with Crippen LogP contribution in [0.5, 0.6) is 0 Å². The zero-order valence-corrected chi connectivity index (χ0v) is 18.1. The Balaban J connectivity index is 0.00000625. The minimum atomic E-state index is -4.29. The number of rotatable bonds is 7. The molecule has 0 fully saturated rings. The van der Waals surface area contributed by atoms with Gasteiger partial charge in [-0.15, -0.1) is 24.0 Å². The van der Waals surface area contributed by atoms with Gasteiger partial charge in [0.25, 0.3) is 0 Å². The minimum Gasteiger partial charge on any atom is -0.367 e. The first-order chi connectivity index (χ1) is 11.6. The normalized spacial score (nSPS) is 12.5. The molecule has 0 aromatic heterocycles. The molecular weight excluding hydrogens is 458 g/mol. The SMILES string of the molecule is CN=C(NCCC(C)(C)C)NCc1ccc(COCC(F)(F)F)cc1.I. The second-order valence-electron chi connectivity index (χ2n) is 7.09. The second-order valence-corrected chi connectivity index (χ2v) is 7.09. The summed E-state index contributed by atoms with van der Waals surface area (Å²) >= 11 is 0. The van der Waals surface area contributed by atoms with Gasteiger partial charge in [0, 0.05) is 20.1 Å². The topological polar surface area (TPSA) is 45.7 Å². The van der Waals surface area contributed by atoms with Crippen molar-refractivity contribution in [3.05, 3.63) is 35.4 Å². The van der Waals surface area contributed by atoms with Crippen molar-refractivity contribution < 1.29 is 17.9 Å². The molecule has 26 heavy (non-hydrogen) atoms. The van der Waals surface area contributed by atoms with Gasteiger partial charge in [-0.05, 0) is 23.0 Å². The number of nitrogens with one attached hydrogen (secondary N) is 2. The maximum atomic E-state index is 12.0. The van der Waals surface area contributed by atoms with E-state index in [2.05, 4.69) is 41.1 Å². The predicted molar refractivity (Wildman–Crippen MR) is 110 cm³/mol. The molecule has 0 aliphatic carbocycles. The number of halogens is 4. The number of nitrogens with zero attached hydrogens (tertiary/aromatic N) is 1. The molecule has 8 heteroatoms. The number of aliphatic imine (C=N–C) groups is 1. The first-order valence-electron chi connectivity index (χ1n) is 8.26. The lowest BCUT2D eigenvalue weighted by Gasteiger charge is -2.19. The maximum Gasteiger partial charge on any atom is 0.411 e. The van der Waals surface area contributed by atoms with E-state index < -0.39 is 12.8 Å². The van der Waals surface area contributed by atoms with Gasteiger partial charge in [0.2, 0.25) is 0 Å². The van der Waals surface area contributed by atoms with Crippen LogP contribution >= 0.6 is 24.0 Å². The third-order valence-electron chi connectivity index (χ3n) is 3.41. The smallest absolute Gasteiger partial charge is 0.367 e. The van der Waals surface area contributed by atoms with Crippen LogP contribution in [-0.2, 0) is 17.9 Å². The van der Waals surface area contributed by atoms with Crippen LogP contribution in [-0.4, -0.2) is 32.3 Å². The van der Waals surface area contributed by atoms with Crippen molar-refractivity contribution in [1.29, 1.82) is 0 Å². The molecule has 0 amide bonds. The van der Waals surface area contributed by atoms with E-state index in [4.69, 9.17) is 0 Å². The molecule has 2 N–H and O–H groups in total. The fourth-order valence-corrected chi connectivity index (χ4v) is 2.00. The third-order valence-corrected chi connectivity index (χ3v) is 3.41. The molecule has 0 aliphatic rings. The number of hydrogen-bond acceptors (Lipinski definition) is 2. The predicted octanol–water partition coefficient (Wildman–Crippen LogP) is 4.48. The summed E-state index contributed by atoms with van der Waals surface area (Å²) < 4.78 is 40.7. The molecule has 1 aromatic rings.